The molecule has 1 rings (SSSR count). The van der Waals surface area contributed by atoms with E-state index in [2.05, 4.69) is 11.3 Å². The van der Waals surface area contributed by atoms with Gasteiger partial charge < -0.3 is 0 Å². The number of rotatable bonds is 1. The largest absolute Gasteiger partial charge is 0.523 e. The van der Waals surface area contributed by atoms with E-state index in [0.717, 1.165) is 12.8 Å². The summed E-state index contributed by atoms with van der Waals surface area (Å²) in [5, 5.41) is 0. The fraction of sp³-hybridized carbons (Fsp3) is 0.750. The highest BCUT2D eigenvalue weighted by molar-refractivity contribution is 5.05. The van der Waals surface area contributed by atoms with E-state index in [0.29, 0.717) is 18.4 Å². The maximum Gasteiger partial charge on any atom is 0.523 e. The number of hydrogen-bond acceptors (Lipinski definition) is 1. The average molecular weight is 180 g/mol. The van der Waals surface area contributed by atoms with Gasteiger partial charge in [0.15, 0.2) is 0 Å². The van der Waals surface area contributed by atoms with E-state index in [9.17, 15) is 13.2 Å². The zero-order valence-electron chi connectivity index (χ0n) is 6.66. The second kappa shape index (κ2) is 3.47. The van der Waals surface area contributed by atoms with Crippen LogP contribution in [0.2, 0.25) is 0 Å². The van der Waals surface area contributed by atoms with Crippen molar-refractivity contribution < 1.29 is 17.9 Å². The number of hydrogen-bond donors (Lipinski definition) is 0. The molecule has 1 aliphatic rings. The Kier molecular flexibility index (Phi) is 2.77. The molecule has 1 aliphatic carbocycles. The summed E-state index contributed by atoms with van der Waals surface area (Å²) in [6.07, 6.45) is -2.51. The first kappa shape index (κ1) is 9.58. The van der Waals surface area contributed by atoms with Crippen LogP contribution in [-0.4, -0.2) is 12.5 Å². The van der Waals surface area contributed by atoms with Crippen LogP contribution in [0.3, 0.4) is 0 Å². The third-order valence-corrected chi connectivity index (χ3v) is 1.95. The van der Waals surface area contributed by atoms with Crippen LogP contribution in [0.25, 0.3) is 0 Å². The molecule has 0 radical (unpaired) electrons. The maximum absolute atomic E-state index is 11.8. The van der Waals surface area contributed by atoms with Gasteiger partial charge in [0.05, 0.1) is 6.10 Å². The van der Waals surface area contributed by atoms with E-state index in [1.807, 2.05) is 0 Å². The molecule has 12 heavy (non-hydrogen) atoms. The lowest BCUT2D eigenvalue weighted by molar-refractivity contribution is -0.339. The van der Waals surface area contributed by atoms with Crippen molar-refractivity contribution in [3.8, 4) is 0 Å². The third kappa shape index (κ3) is 2.85. The molecule has 0 N–H and O–H groups in total. The summed E-state index contributed by atoms with van der Waals surface area (Å²) in [5.74, 6) is 0. The van der Waals surface area contributed by atoms with E-state index >= 15 is 0 Å². The van der Waals surface area contributed by atoms with Gasteiger partial charge in [0.25, 0.3) is 0 Å². The summed E-state index contributed by atoms with van der Waals surface area (Å²) in [7, 11) is 0. The molecule has 1 unspecified atom stereocenters. The number of ether oxygens (including phenoxy) is 1. The van der Waals surface area contributed by atoms with Crippen LogP contribution in [-0.2, 0) is 4.74 Å². The summed E-state index contributed by atoms with van der Waals surface area (Å²) < 4.78 is 39.1. The van der Waals surface area contributed by atoms with Gasteiger partial charge >= 0.3 is 6.36 Å². The molecule has 70 valence electrons. The minimum atomic E-state index is -4.52. The summed E-state index contributed by atoms with van der Waals surface area (Å²) in [6, 6.07) is 0. The van der Waals surface area contributed by atoms with Crippen molar-refractivity contribution in [3.63, 3.8) is 0 Å². The fourth-order valence-corrected chi connectivity index (χ4v) is 1.35. The Hall–Kier alpha value is -0.510. The lowest BCUT2D eigenvalue weighted by Gasteiger charge is -2.25. The van der Waals surface area contributed by atoms with Gasteiger partial charge in [0, 0.05) is 0 Å². The van der Waals surface area contributed by atoms with Crippen LogP contribution >= 0.6 is 0 Å². The van der Waals surface area contributed by atoms with Crippen LogP contribution in [0.4, 0.5) is 13.2 Å². The van der Waals surface area contributed by atoms with Gasteiger partial charge in [0.2, 0.25) is 0 Å². The molecule has 0 aromatic heterocycles. The fourth-order valence-electron chi connectivity index (χ4n) is 1.35. The first-order valence-corrected chi connectivity index (χ1v) is 3.91. The maximum atomic E-state index is 11.8. The molecule has 1 saturated carbocycles. The Morgan fingerprint density at radius 3 is 2.50 bits per heavy atom. The molecule has 1 nitrogen and oxygen atoms in total. The topological polar surface area (TPSA) is 9.23 Å². The minimum absolute atomic E-state index is 0.443. The van der Waals surface area contributed by atoms with Crippen LogP contribution in [0, 0.1) is 0 Å². The van der Waals surface area contributed by atoms with Crippen LogP contribution in [0.1, 0.15) is 25.7 Å². The van der Waals surface area contributed by atoms with E-state index < -0.39 is 12.5 Å². The predicted octanol–water partition coefficient (Wildman–Crippen LogP) is 3.02. The van der Waals surface area contributed by atoms with E-state index in [1.165, 1.54) is 0 Å². The second-order valence-electron chi connectivity index (χ2n) is 2.96. The van der Waals surface area contributed by atoms with Gasteiger partial charge in [-0.25, -0.2) is 0 Å². The van der Waals surface area contributed by atoms with Gasteiger partial charge in [-0.3, -0.25) is 4.74 Å². The van der Waals surface area contributed by atoms with Gasteiger partial charge in [-0.05, 0) is 24.8 Å². The van der Waals surface area contributed by atoms with E-state index in [-0.39, 0.29) is 0 Å². The van der Waals surface area contributed by atoms with Crippen molar-refractivity contribution in [1.82, 2.24) is 0 Å². The van der Waals surface area contributed by atoms with Crippen molar-refractivity contribution in [2.75, 3.05) is 0 Å². The predicted molar refractivity (Wildman–Crippen MR) is 38.5 cm³/mol. The molecule has 0 aromatic rings. The third-order valence-electron chi connectivity index (χ3n) is 1.95. The Morgan fingerprint density at radius 2 is 2.00 bits per heavy atom. The van der Waals surface area contributed by atoms with Gasteiger partial charge in [-0.2, -0.15) is 0 Å². The van der Waals surface area contributed by atoms with Gasteiger partial charge in [0.1, 0.15) is 0 Å². The van der Waals surface area contributed by atoms with Gasteiger partial charge in [-0.15, -0.1) is 13.2 Å². The highest BCUT2D eigenvalue weighted by atomic mass is 19.4. The summed E-state index contributed by atoms with van der Waals surface area (Å²) in [5.41, 5.74) is 0.568. The Bertz CT molecular complexity index is 174. The molecule has 0 bridgehead atoms. The first-order chi connectivity index (χ1) is 5.49. The highest BCUT2D eigenvalue weighted by Crippen LogP contribution is 2.30. The first-order valence-electron chi connectivity index (χ1n) is 3.91. The van der Waals surface area contributed by atoms with Crippen molar-refractivity contribution in [2.24, 2.45) is 0 Å². The summed E-state index contributed by atoms with van der Waals surface area (Å²) >= 11 is 0. The lowest BCUT2D eigenvalue weighted by atomic mass is 9.93. The van der Waals surface area contributed by atoms with Crippen LogP contribution in [0.5, 0.6) is 0 Å². The average Bonchev–Trinajstić information content (AvgIpc) is 1.91. The molecule has 0 amide bonds. The smallest absolute Gasteiger partial charge is 0.284 e. The monoisotopic (exact) mass is 180 g/mol. The van der Waals surface area contributed by atoms with Crippen molar-refractivity contribution in [3.05, 3.63) is 12.2 Å². The SMILES string of the molecule is C=C1CCCCC1OC(F)(F)F. The van der Waals surface area contributed by atoms with Crippen LogP contribution in [0.15, 0.2) is 12.2 Å². The van der Waals surface area contributed by atoms with Crippen molar-refractivity contribution in [1.29, 1.82) is 0 Å². The standard InChI is InChI=1S/C8H11F3O/c1-6-4-2-3-5-7(6)12-8(9,10)11/h7H,1-5H2. The number of halogens is 3. The quantitative estimate of drug-likeness (QED) is 0.563. The molecule has 0 saturated heterocycles. The zero-order valence-corrected chi connectivity index (χ0v) is 6.66. The van der Waals surface area contributed by atoms with E-state index in [4.69, 9.17) is 0 Å². The lowest BCUT2D eigenvalue weighted by Crippen LogP contribution is -2.27. The molecule has 4 heteroatoms. The zero-order chi connectivity index (χ0) is 9.19. The number of alkyl halides is 3. The Balaban J connectivity index is 2.45. The van der Waals surface area contributed by atoms with Crippen molar-refractivity contribution in [2.45, 2.75) is 38.1 Å². The molecule has 0 spiro atoms. The molecule has 0 aromatic carbocycles. The summed E-state index contributed by atoms with van der Waals surface area (Å²) in [4.78, 5) is 0. The normalized spacial score (nSPS) is 25.9. The second-order valence-corrected chi connectivity index (χ2v) is 2.96. The molecule has 1 atom stereocenters. The van der Waals surface area contributed by atoms with Gasteiger partial charge in [-0.1, -0.05) is 13.0 Å². The summed E-state index contributed by atoms with van der Waals surface area (Å²) in [6.45, 7) is 3.55. The Labute approximate surface area is 69.2 Å². The molecular weight excluding hydrogens is 169 g/mol. The molecule has 0 heterocycles. The highest BCUT2D eigenvalue weighted by Gasteiger charge is 2.35. The minimum Gasteiger partial charge on any atom is -0.284 e. The molecule has 0 aliphatic heterocycles. The van der Waals surface area contributed by atoms with Crippen LogP contribution < -0.4 is 0 Å². The van der Waals surface area contributed by atoms with Crippen molar-refractivity contribution >= 4 is 0 Å². The molecular formula is C8H11F3O. The van der Waals surface area contributed by atoms with E-state index in [1.54, 1.807) is 0 Å². The molecule has 1 fully saturated rings. The Morgan fingerprint density at radius 1 is 1.33 bits per heavy atom.